The Morgan fingerprint density at radius 1 is 1.22 bits per heavy atom. The maximum absolute atomic E-state index is 12.1. The number of nitrogens with one attached hydrogen (secondary N) is 1. The average molecular weight is 428 g/mol. The van der Waals surface area contributed by atoms with Gasteiger partial charge in [0.1, 0.15) is 5.75 Å². The Kier molecular flexibility index (Phi) is 6.72. The number of benzene rings is 2. The van der Waals surface area contributed by atoms with Crippen molar-refractivity contribution in [3.63, 3.8) is 0 Å². The van der Waals surface area contributed by atoms with Crippen LogP contribution in [-0.2, 0) is 4.79 Å². The first-order chi connectivity index (χ1) is 13.1. The summed E-state index contributed by atoms with van der Waals surface area (Å²) in [5.74, 6) is 0.787. The number of hydrogen-bond donors (Lipinski definition) is 1. The summed E-state index contributed by atoms with van der Waals surface area (Å²) in [6.07, 6.45) is 2.18. The average Bonchev–Trinajstić information content (AvgIpc) is 2.69. The summed E-state index contributed by atoms with van der Waals surface area (Å²) in [5.41, 5.74) is 1.80. The van der Waals surface area contributed by atoms with E-state index in [1.807, 2.05) is 48.5 Å². The lowest BCUT2D eigenvalue weighted by Crippen LogP contribution is -2.45. The molecule has 3 rings (SSSR count). The summed E-state index contributed by atoms with van der Waals surface area (Å²) in [6.45, 7) is 2.16. The highest BCUT2D eigenvalue weighted by molar-refractivity contribution is 9.10. The number of anilines is 1. The van der Waals surface area contributed by atoms with Gasteiger partial charge in [0.25, 0.3) is 0 Å². The van der Waals surface area contributed by atoms with Gasteiger partial charge in [-0.25, -0.2) is 0 Å². The molecule has 1 heterocycles. The second-order valence-corrected chi connectivity index (χ2v) is 7.46. The molecule has 6 heteroatoms. The largest absolute Gasteiger partial charge is 0.493 e. The molecule has 2 aromatic rings. The SMILES string of the molecule is N#Cc1ccc(N2CCC(NC(=O)CCOc3cccc(Br)c3)CC2)cc1. The van der Waals surface area contributed by atoms with E-state index in [1.165, 1.54) is 0 Å². The zero-order valence-corrected chi connectivity index (χ0v) is 16.6. The molecule has 1 fully saturated rings. The van der Waals surface area contributed by atoms with Gasteiger partial charge in [-0.3, -0.25) is 4.79 Å². The van der Waals surface area contributed by atoms with Crippen LogP contribution in [0.2, 0.25) is 0 Å². The molecule has 1 aliphatic rings. The molecule has 0 radical (unpaired) electrons. The third-order valence-electron chi connectivity index (χ3n) is 4.62. The van der Waals surface area contributed by atoms with Gasteiger partial charge >= 0.3 is 0 Å². The van der Waals surface area contributed by atoms with Gasteiger partial charge < -0.3 is 15.0 Å². The van der Waals surface area contributed by atoms with Crippen LogP contribution in [0.5, 0.6) is 5.75 Å². The predicted molar refractivity (Wildman–Crippen MR) is 109 cm³/mol. The number of carbonyl (C=O) groups is 1. The number of hydrogen-bond acceptors (Lipinski definition) is 4. The standard InChI is InChI=1S/C21H22BrN3O2/c22-17-2-1-3-20(14-17)27-13-10-21(26)24-18-8-11-25(12-9-18)19-6-4-16(15-23)5-7-19/h1-7,14,18H,8-13H2,(H,24,26). The molecule has 5 nitrogen and oxygen atoms in total. The van der Waals surface area contributed by atoms with Crippen LogP contribution in [-0.4, -0.2) is 31.6 Å². The van der Waals surface area contributed by atoms with Crippen molar-refractivity contribution in [3.8, 4) is 11.8 Å². The Morgan fingerprint density at radius 3 is 2.63 bits per heavy atom. The number of amides is 1. The second-order valence-electron chi connectivity index (χ2n) is 6.54. The minimum absolute atomic E-state index is 0.0295. The van der Waals surface area contributed by atoms with Crippen molar-refractivity contribution in [2.75, 3.05) is 24.6 Å². The Hall–Kier alpha value is -2.52. The van der Waals surface area contributed by atoms with Gasteiger partial charge in [0, 0.05) is 29.3 Å². The van der Waals surface area contributed by atoms with Crippen LogP contribution < -0.4 is 15.0 Å². The van der Waals surface area contributed by atoms with Gasteiger partial charge in [-0.15, -0.1) is 0 Å². The summed E-state index contributed by atoms with van der Waals surface area (Å²) in [6, 6.07) is 17.6. The van der Waals surface area contributed by atoms with E-state index in [0.29, 0.717) is 18.6 Å². The second kappa shape index (κ2) is 9.43. The lowest BCUT2D eigenvalue weighted by molar-refractivity contribution is -0.122. The number of halogens is 1. The van der Waals surface area contributed by atoms with Gasteiger partial charge in [-0.2, -0.15) is 5.26 Å². The van der Waals surface area contributed by atoms with E-state index in [-0.39, 0.29) is 11.9 Å². The van der Waals surface area contributed by atoms with Gasteiger partial charge in [0.2, 0.25) is 5.91 Å². The van der Waals surface area contributed by atoms with Crippen LogP contribution in [0.4, 0.5) is 5.69 Å². The van der Waals surface area contributed by atoms with Gasteiger partial charge in [0.15, 0.2) is 0 Å². The predicted octanol–water partition coefficient (Wildman–Crippen LogP) is 3.87. The number of rotatable bonds is 6. The molecule has 1 amide bonds. The fourth-order valence-electron chi connectivity index (χ4n) is 3.15. The molecule has 0 atom stereocenters. The molecule has 1 N–H and O–H groups in total. The number of piperidine rings is 1. The molecule has 1 aliphatic heterocycles. The first kappa shape index (κ1) is 19.2. The van der Waals surface area contributed by atoms with Crippen LogP contribution in [0, 0.1) is 11.3 Å². The molecule has 0 unspecified atom stereocenters. The molecule has 27 heavy (non-hydrogen) atoms. The van der Waals surface area contributed by atoms with Crippen molar-refractivity contribution in [2.24, 2.45) is 0 Å². The van der Waals surface area contributed by atoms with Crippen molar-refractivity contribution in [2.45, 2.75) is 25.3 Å². The van der Waals surface area contributed by atoms with Crippen LogP contribution >= 0.6 is 15.9 Å². The number of ether oxygens (including phenoxy) is 1. The molecule has 0 saturated carbocycles. The van der Waals surface area contributed by atoms with Gasteiger partial charge in [-0.1, -0.05) is 22.0 Å². The van der Waals surface area contributed by atoms with Gasteiger partial charge in [0.05, 0.1) is 24.7 Å². The zero-order valence-electron chi connectivity index (χ0n) is 15.0. The molecular weight excluding hydrogens is 406 g/mol. The van der Waals surface area contributed by atoms with E-state index < -0.39 is 0 Å². The summed E-state index contributed by atoms with van der Waals surface area (Å²) in [7, 11) is 0. The summed E-state index contributed by atoms with van der Waals surface area (Å²) >= 11 is 3.40. The smallest absolute Gasteiger partial charge is 0.223 e. The van der Waals surface area contributed by atoms with E-state index in [2.05, 4.69) is 32.2 Å². The Morgan fingerprint density at radius 2 is 1.96 bits per heavy atom. The first-order valence-electron chi connectivity index (χ1n) is 9.07. The number of nitrogens with zero attached hydrogens (tertiary/aromatic N) is 2. The molecule has 140 valence electrons. The summed E-state index contributed by atoms with van der Waals surface area (Å²) < 4.78 is 6.58. The van der Waals surface area contributed by atoms with Crippen molar-refractivity contribution in [1.82, 2.24) is 5.32 Å². The van der Waals surface area contributed by atoms with E-state index in [9.17, 15) is 4.79 Å². The molecule has 0 aromatic heterocycles. The lowest BCUT2D eigenvalue weighted by atomic mass is 10.0. The maximum atomic E-state index is 12.1. The lowest BCUT2D eigenvalue weighted by Gasteiger charge is -2.34. The van der Waals surface area contributed by atoms with Gasteiger partial charge in [-0.05, 0) is 55.3 Å². The topological polar surface area (TPSA) is 65.4 Å². The van der Waals surface area contributed by atoms with E-state index in [4.69, 9.17) is 10.00 Å². The van der Waals surface area contributed by atoms with Crippen LogP contribution in [0.3, 0.4) is 0 Å². The fourth-order valence-corrected chi connectivity index (χ4v) is 3.53. The molecule has 1 saturated heterocycles. The maximum Gasteiger partial charge on any atom is 0.223 e. The van der Waals surface area contributed by atoms with Crippen molar-refractivity contribution in [3.05, 3.63) is 58.6 Å². The normalized spacial score (nSPS) is 14.4. The summed E-state index contributed by atoms with van der Waals surface area (Å²) in [4.78, 5) is 14.4. The summed E-state index contributed by atoms with van der Waals surface area (Å²) in [5, 5.41) is 12.0. The third kappa shape index (κ3) is 5.73. The Labute approximate surface area is 168 Å². The van der Waals surface area contributed by atoms with Crippen molar-refractivity contribution >= 4 is 27.5 Å². The van der Waals surface area contributed by atoms with E-state index >= 15 is 0 Å². The molecule has 2 aromatic carbocycles. The fraction of sp³-hybridized carbons (Fsp3) is 0.333. The quantitative estimate of drug-likeness (QED) is 0.759. The van der Waals surface area contributed by atoms with E-state index in [1.54, 1.807) is 0 Å². The first-order valence-corrected chi connectivity index (χ1v) is 9.86. The van der Waals surface area contributed by atoms with Crippen molar-refractivity contribution < 1.29 is 9.53 Å². The monoisotopic (exact) mass is 427 g/mol. The molecule has 0 aliphatic carbocycles. The highest BCUT2D eigenvalue weighted by Crippen LogP contribution is 2.21. The van der Waals surface area contributed by atoms with Crippen LogP contribution in [0.15, 0.2) is 53.0 Å². The Bertz CT molecular complexity index is 809. The minimum atomic E-state index is 0.0295. The Balaban J connectivity index is 1.38. The molecule has 0 bridgehead atoms. The van der Waals surface area contributed by atoms with Crippen LogP contribution in [0.25, 0.3) is 0 Å². The van der Waals surface area contributed by atoms with E-state index in [0.717, 1.165) is 41.8 Å². The minimum Gasteiger partial charge on any atom is -0.493 e. The van der Waals surface area contributed by atoms with Crippen molar-refractivity contribution in [1.29, 1.82) is 5.26 Å². The highest BCUT2D eigenvalue weighted by atomic mass is 79.9. The third-order valence-corrected chi connectivity index (χ3v) is 5.11. The molecule has 0 spiro atoms. The molecular formula is C21H22BrN3O2. The number of nitriles is 1. The zero-order chi connectivity index (χ0) is 19.1. The highest BCUT2D eigenvalue weighted by Gasteiger charge is 2.20. The van der Waals surface area contributed by atoms with Crippen LogP contribution in [0.1, 0.15) is 24.8 Å². The number of carbonyl (C=O) groups excluding carboxylic acids is 1.